The second-order valence-electron chi connectivity index (χ2n) is 4.00. The van der Waals surface area contributed by atoms with Gasteiger partial charge >= 0.3 is 0 Å². The number of nitrogens with one attached hydrogen (secondary N) is 1. The van der Waals surface area contributed by atoms with E-state index in [9.17, 15) is 0 Å². The van der Waals surface area contributed by atoms with Gasteiger partial charge in [0.2, 0.25) is 0 Å². The summed E-state index contributed by atoms with van der Waals surface area (Å²) in [7, 11) is 1.93. The summed E-state index contributed by atoms with van der Waals surface area (Å²) in [6.45, 7) is 5.03. The van der Waals surface area contributed by atoms with Crippen molar-refractivity contribution in [1.82, 2.24) is 19.9 Å². The van der Waals surface area contributed by atoms with Gasteiger partial charge in [0.15, 0.2) is 0 Å². The zero-order valence-corrected chi connectivity index (χ0v) is 10.5. The number of rotatable bonds is 4. The molecule has 2 rings (SSSR count). The van der Waals surface area contributed by atoms with Crippen molar-refractivity contribution in [1.29, 1.82) is 0 Å². The molecule has 0 aliphatic carbocycles. The van der Waals surface area contributed by atoms with Crippen molar-refractivity contribution >= 4 is 0 Å². The number of nitrogens with zero attached hydrogens (tertiary/aromatic N) is 3. The third kappa shape index (κ3) is 2.36. The zero-order valence-electron chi connectivity index (χ0n) is 10.5. The van der Waals surface area contributed by atoms with Crippen LogP contribution < -0.4 is 5.32 Å². The van der Waals surface area contributed by atoms with Crippen molar-refractivity contribution in [2.75, 3.05) is 7.05 Å². The van der Waals surface area contributed by atoms with E-state index in [-0.39, 0.29) is 6.04 Å². The van der Waals surface area contributed by atoms with Gasteiger partial charge in [0.1, 0.15) is 11.9 Å². The van der Waals surface area contributed by atoms with Crippen LogP contribution in [-0.2, 0) is 6.54 Å². The second kappa shape index (κ2) is 5.10. The summed E-state index contributed by atoms with van der Waals surface area (Å²) in [5.74, 6) is 1.01. The first kappa shape index (κ1) is 11.8. The van der Waals surface area contributed by atoms with Crippen LogP contribution >= 0.6 is 0 Å². The largest absolute Gasteiger partial charge is 0.334 e. The number of aryl methyl sites for hydroxylation is 2. The van der Waals surface area contributed by atoms with Gasteiger partial charge in [-0.05, 0) is 33.0 Å². The normalized spacial score (nSPS) is 12.6. The fourth-order valence-corrected chi connectivity index (χ4v) is 1.98. The Hall–Kier alpha value is -1.68. The van der Waals surface area contributed by atoms with E-state index in [1.807, 2.05) is 44.6 Å². The van der Waals surface area contributed by atoms with Crippen LogP contribution in [0.3, 0.4) is 0 Å². The topological polar surface area (TPSA) is 42.7 Å². The zero-order chi connectivity index (χ0) is 12.3. The molecule has 0 saturated carbocycles. The standard InChI is InChI=1S/C13H18N4/c1-4-17-9-8-15-13(17)12(14-3)11-7-5-6-10(2)16-11/h5-9,12,14H,4H2,1-3H3. The van der Waals surface area contributed by atoms with Gasteiger partial charge in [0.05, 0.1) is 5.69 Å². The van der Waals surface area contributed by atoms with E-state index < -0.39 is 0 Å². The number of pyridine rings is 1. The minimum atomic E-state index is 0.0462. The fraction of sp³-hybridized carbons (Fsp3) is 0.385. The quantitative estimate of drug-likeness (QED) is 0.872. The fourth-order valence-electron chi connectivity index (χ4n) is 1.98. The Balaban J connectivity index is 2.40. The maximum absolute atomic E-state index is 4.56. The number of hydrogen-bond acceptors (Lipinski definition) is 3. The summed E-state index contributed by atoms with van der Waals surface area (Å²) in [6.07, 6.45) is 3.83. The predicted octanol–water partition coefficient (Wildman–Crippen LogP) is 1.92. The SMILES string of the molecule is CCn1ccnc1C(NC)c1cccc(C)n1. The third-order valence-corrected chi connectivity index (χ3v) is 2.84. The van der Waals surface area contributed by atoms with E-state index in [0.29, 0.717) is 0 Å². The van der Waals surface area contributed by atoms with Crippen molar-refractivity contribution in [3.8, 4) is 0 Å². The molecule has 0 aliphatic heterocycles. The molecule has 90 valence electrons. The van der Waals surface area contributed by atoms with Gasteiger partial charge in [0.25, 0.3) is 0 Å². The molecule has 1 N–H and O–H groups in total. The number of hydrogen-bond donors (Lipinski definition) is 1. The molecule has 1 unspecified atom stereocenters. The van der Waals surface area contributed by atoms with E-state index in [2.05, 4.69) is 26.8 Å². The van der Waals surface area contributed by atoms with Crippen LogP contribution in [0.1, 0.15) is 30.2 Å². The highest BCUT2D eigenvalue weighted by Gasteiger charge is 2.17. The molecular formula is C13H18N4. The minimum absolute atomic E-state index is 0.0462. The summed E-state index contributed by atoms with van der Waals surface area (Å²) < 4.78 is 2.13. The van der Waals surface area contributed by atoms with Gasteiger partial charge < -0.3 is 9.88 Å². The summed E-state index contributed by atoms with van der Waals surface area (Å²) >= 11 is 0. The van der Waals surface area contributed by atoms with E-state index in [4.69, 9.17) is 0 Å². The Bertz CT molecular complexity index is 490. The molecule has 4 nitrogen and oxygen atoms in total. The van der Waals surface area contributed by atoms with E-state index in [1.165, 1.54) is 0 Å². The van der Waals surface area contributed by atoms with Crippen molar-refractivity contribution < 1.29 is 0 Å². The summed E-state index contributed by atoms with van der Waals surface area (Å²) in [4.78, 5) is 8.98. The van der Waals surface area contributed by atoms with Gasteiger partial charge in [-0.2, -0.15) is 0 Å². The summed E-state index contributed by atoms with van der Waals surface area (Å²) in [6, 6.07) is 6.11. The lowest BCUT2D eigenvalue weighted by molar-refractivity contribution is 0.578. The Labute approximate surface area is 102 Å². The van der Waals surface area contributed by atoms with E-state index >= 15 is 0 Å². The van der Waals surface area contributed by atoms with Gasteiger partial charge in [-0.25, -0.2) is 4.98 Å². The maximum Gasteiger partial charge on any atom is 0.132 e. The molecule has 4 heteroatoms. The molecule has 0 radical (unpaired) electrons. The van der Waals surface area contributed by atoms with E-state index in [1.54, 1.807) is 0 Å². The first-order valence-corrected chi connectivity index (χ1v) is 5.88. The van der Waals surface area contributed by atoms with Crippen LogP contribution in [0.25, 0.3) is 0 Å². The van der Waals surface area contributed by atoms with Crippen LogP contribution in [0, 0.1) is 6.92 Å². The van der Waals surface area contributed by atoms with Crippen molar-refractivity contribution in [2.45, 2.75) is 26.4 Å². The minimum Gasteiger partial charge on any atom is -0.334 e. The summed E-state index contributed by atoms with van der Waals surface area (Å²) in [5, 5.41) is 3.28. The molecule has 0 aliphatic rings. The molecule has 0 fully saturated rings. The van der Waals surface area contributed by atoms with Crippen molar-refractivity contribution in [2.24, 2.45) is 0 Å². The third-order valence-electron chi connectivity index (χ3n) is 2.84. The molecule has 2 heterocycles. The lowest BCUT2D eigenvalue weighted by atomic mass is 10.1. The average molecular weight is 230 g/mol. The molecule has 1 atom stereocenters. The van der Waals surface area contributed by atoms with Gasteiger partial charge in [0, 0.05) is 24.6 Å². The molecule has 2 aromatic rings. The van der Waals surface area contributed by atoms with Crippen LogP contribution in [0.2, 0.25) is 0 Å². The molecule has 0 aromatic carbocycles. The first-order valence-electron chi connectivity index (χ1n) is 5.88. The molecule has 0 spiro atoms. The number of aromatic nitrogens is 3. The first-order chi connectivity index (χ1) is 8.26. The Kier molecular flexibility index (Phi) is 3.54. The van der Waals surface area contributed by atoms with Gasteiger partial charge in [-0.15, -0.1) is 0 Å². The number of imidazole rings is 1. The van der Waals surface area contributed by atoms with Gasteiger partial charge in [-0.1, -0.05) is 6.07 Å². The van der Waals surface area contributed by atoms with Crippen molar-refractivity contribution in [3.63, 3.8) is 0 Å². The highest BCUT2D eigenvalue weighted by Crippen LogP contribution is 2.18. The summed E-state index contributed by atoms with van der Waals surface area (Å²) in [5.41, 5.74) is 2.03. The second-order valence-corrected chi connectivity index (χ2v) is 4.00. The maximum atomic E-state index is 4.56. The lowest BCUT2D eigenvalue weighted by Gasteiger charge is -2.16. The molecule has 0 bridgehead atoms. The molecule has 17 heavy (non-hydrogen) atoms. The van der Waals surface area contributed by atoms with Gasteiger partial charge in [-0.3, -0.25) is 4.98 Å². The van der Waals surface area contributed by atoms with Crippen LogP contribution in [-0.4, -0.2) is 21.6 Å². The predicted molar refractivity (Wildman–Crippen MR) is 67.8 cm³/mol. The Morgan fingerprint density at radius 1 is 1.41 bits per heavy atom. The lowest BCUT2D eigenvalue weighted by Crippen LogP contribution is -2.23. The molecule has 0 amide bonds. The van der Waals surface area contributed by atoms with Crippen molar-refractivity contribution in [3.05, 3.63) is 47.8 Å². The molecule has 0 saturated heterocycles. The molecular weight excluding hydrogens is 212 g/mol. The van der Waals surface area contributed by atoms with E-state index in [0.717, 1.165) is 23.8 Å². The molecule has 2 aromatic heterocycles. The van der Waals surface area contributed by atoms with Crippen LogP contribution in [0.5, 0.6) is 0 Å². The monoisotopic (exact) mass is 230 g/mol. The van der Waals surface area contributed by atoms with Crippen LogP contribution in [0.15, 0.2) is 30.6 Å². The average Bonchev–Trinajstić information content (AvgIpc) is 2.78. The highest BCUT2D eigenvalue weighted by molar-refractivity contribution is 5.20. The van der Waals surface area contributed by atoms with Crippen LogP contribution in [0.4, 0.5) is 0 Å². The highest BCUT2D eigenvalue weighted by atomic mass is 15.1. The Morgan fingerprint density at radius 3 is 2.88 bits per heavy atom. The smallest absolute Gasteiger partial charge is 0.132 e. The Morgan fingerprint density at radius 2 is 2.24 bits per heavy atom.